The first kappa shape index (κ1) is 26.5. The molecule has 6 heteroatoms. The number of hydrogen-bond donors (Lipinski definition) is 0. The maximum atomic E-state index is 13.2. The lowest BCUT2D eigenvalue weighted by Crippen LogP contribution is -2.27. The minimum Gasteiger partial charge on any atom is -0.449 e. The van der Waals surface area contributed by atoms with E-state index in [4.69, 9.17) is 9.47 Å². The van der Waals surface area contributed by atoms with Gasteiger partial charge in [-0.2, -0.15) is 0 Å². The number of esters is 2. The third-order valence-corrected chi connectivity index (χ3v) is 7.36. The van der Waals surface area contributed by atoms with Gasteiger partial charge >= 0.3 is 11.9 Å². The molecule has 2 aromatic rings. The van der Waals surface area contributed by atoms with Gasteiger partial charge in [0.05, 0.1) is 6.42 Å². The summed E-state index contributed by atoms with van der Waals surface area (Å²) < 4.78 is 11.3. The average Bonchev–Trinajstić information content (AvgIpc) is 3.65. The lowest BCUT2D eigenvalue weighted by molar-refractivity contribution is -0.158. The molecular weight excluding hydrogens is 468 g/mol. The predicted octanol–water partition coefficient (Wildman–Crippen LogP) is 6.02. The van der Waals surface area contributed by atoms with E-state index in [1.165, 1.54) is 0 Å². The Morgan fingerprint density at radius 1 is 0.676 bits per heavy atom. The first-order valence-electron chi connectivity index (χ1n) is 13.2. The van der Waals surface area contributed by atoms with Crippen LogP contribution in [0.3, 0.4) is 0 Å². The van der Waals surface area contributed by atoms with E-state index < -0.39 is 30.6 Å². The van der Waals surface area contributed by atoms with E-state index in [9.17, 15) is 19.2 Å². The van der Waals surface area contributed by atoms with Crippen LogP contribution in [0.15, 0.2) is 72.8 Å². The molecule has 0 aromatic heterocycles. The zero-order valence-electron chi connectivity index (χ0n) is 21.1. The van der Waals surface area contributed by atoms with Gasteiger partial charge in [-0.15, -0.1) is 0 Å². The number of ether oxygens (including phenoxy) is 2. The Hall–Kier alpha value is -3.54. The second kappa shape index (κ2) is 12.6. The van der Waals surface area contributed by atoms with E-state index in [1.807, 2.05) is 12.1 Å². The number of benzene rings is 2. The first-order valence-corrected chi connectivity index (χ1v) is 13.2. The zero-order chi connectivity index (χ0) is 26.2. The molecule has 2 saturated carbocycles. The molecule has 2 aliphatic carbocycles. The molecule has 2 fully saturated rings. The van der Waals surface area contributed by atoms with Crippen molar-refractivity contribution in [2.24, 2.45) is 11.8 Å². The Morgan fingerprint density at radius 2 is 1.08 bits per heavy atom. The molecule has 0 radical (unpaired) electrons. The number of carbonyl (C=O) groups excluding carboxylic acids is 4. The molecule has 0 spiro atoms. The van der Waals surface area contributed by atoms with Crippen molar-refractivity contribution >= 4 is 23.5 Å². The summed E-state index contributed by atoms with van der Waals surface area (Å²) in [6.07, 6.45) is 4.55. The van der Waals surface area contributed by atoms with Gasteiger partial charge in [0.15, 0.2) is 23.8 Å². The minimum atomic E-state index is -1.05. The van der Waals surface area contributed by atoms with Crippen molar-refractivity contribution in [3.05, 3.63) is 83.9 Å². The third kappa shape index (κ3) is 6.82. The SMILES string of the molecule is C=C(CC(=O)OC(C(=O)C1CCCC1)c1ccccc1)C(=O)OC(C(=O)C1CCCC1)c1ccccc1. The van der Waals surface area contributed by atoms with Gasteiger partial charge in [0, 0.05) is 23.0 Å². The summed E-state index contributed by atoms with van der Waals surface area (Å²) >= 11 is 0. The highest BCUT2D eigenvalue weighted by Crippen LogP contribution is 2.34. The van der Waals surface area contributed by atoms with Crippen LogP contribution < -0.4 is 0 Å². The molecule has 0 saturated heterocycles. The van der Waals surface area contributed by atoms with Crippen molar-refractivity contribution in [2.45, 2.75) is 70.0 Å². The molecule has 0 N–H and O–H groups in total. The Labute approximate surface area is 218 Å². The molecule has 0 amide bonds. The van der Waals surface area contributed by atoms with Crippen molar-refractivity contribution < 1.29 is 28.7 Å². The molecule has 2 aromatic carbocycles. The molecule has 0 bridgehead atoms. The van der Waals surface area contributed by atoms with Crippen molar-refractivity contribution in [3.63, 3.8) is 0 Å². The normalized spacial score (nSPS) is 17.6. The van der Waals surface area contributed by atoms with Crippen molar-refractivity contribution in [3.8, 4) is 0 Å². The highest BCUT2D eigenvalue weighted by Gasteiger charge is 2.35. The summed E-state index contributed by atoms with van der Waals surface area (Å²) in [6.45, 7) is 3.73. The highest BCUT2D eigenvalue weighted by molar-refractivity contribution is 5.97. The van der Waals surface area contributed by atoms with E-state index in [2.05, 4.69) is 6.58 Å². The number of ketones is 2. The lowest BCUT2D eigenvalue weighted by Gasteiger charge is -2.22. The predicted molar refractivity (Wildman–Crippen MR) is 138 cm³/mol. The van der Waals surface area contributed by atoms with Crippen molar-refractivity contribution in [1.82, 2.24) is 0 Å². The van der Waals surface area contributed by atoms with Gasteiger partial charge in [0.1, 0.15) is 0 Å². The van der Waals surface area contributed by atoms with Gasteiger partial charge in [-0.3, -0.25) is 14.4 Å². The van der Waals surface area contributed by atoms with E-state index in [-0.39, 0.29) is 29.0 Å². The molecular formula is C31H34O6. The van der Waals surface area contributed by atoms with Gasteiger partial charge < -0.3 is 9.47 Å². The fraction of sp³-hybridized carbons (Fsp3) is 0.419. The smallest absolute Gasteiger partial charge is 0.335 e. The maximum absolute atomic E-state index is 13.2. The Bertz CT molecular complexity index is 1110. The topological polar surface area (TPSA) is 86.7 Å². The molecule has 194 valence electrons. The molecule has 0 heterocycles. The maximum Gasteiger partial charge on any atom is 0.335 e. The molecule has 4 rings (SSSR count). The fourth-order valence-electron chi connectivity index (χ4n) is 5.30. The second-order valence-corrected chi connectivity index (χ2v) is 10.0. The standard InChI is InChI=1S/C31H34O6/c1-21(31(35)37-30(25-18-6-3-7-19-25)28(34)23-14-10-11-15-23)20-26(32)36-29(24-16-4-2-5-17-24)27(33)22-12-8-9-13-22/h2-7,16-19,22-23,29-30H,1,8-15,20H2. The third-order valence-electron chi connectivity index (χ3n) is 7.36. The van der Waals surface area contributed by atoms with E-state index in [0.717, 1.165) is 51.4 Å². The fourth-order valence-corrected chi connectivity index (χ4v) is 5.30. The van der Waals surface area contributed by atoms with Gasteiger partial charge in [-0.25, -0.2) is 4.79 Å². The monoisotopic (exact) mass is 502 g/mol. The first-order chi connectivity index (χ1) is 17.9. The van der Waals surface area contributed by atoms with Crippen molar-refractivity contribution in [2.75, 3.05) is 0 Å². The quantitative estimate of drug-likeness (QED) is 0.276. The summed E-state index contributed by atoms with van der Waals surface area (Å²) in [5.41, 5.74) is 1.08. The summed E-state index contributed by atoms with van der Waals surface area (Å²) in [5.74, 6) is -2.09. The molecule has 2 atom stereocenters. The summed E-state index contributed by atoms with van der Waals surface area (Å²) in [4.78, 5) is 52.2. The molecule has 2 unspecified atom stereocenters. The van der Waals surface area contributed by atoms with E-state index in [0.29, 0.717) is 11.1 Å². The van der Waals surface area contributed by atoms with Gasteiger partial charge in [-0.05, 0) is 31.2 Å². The summed E-state index contributed by atoms with van der Waals surface area (Å²) in [6, 6.07) is 17.8. The second-order valence-electron chi connectivity index (χ2n) is 10.0. The van der Waals surface area contributed by atoms with Crippen LogP contribution in [0.25, 0.3) is 0 Å². The summed E-state index contributed by atoms with van der Waals surface area (Å²) in [7, 11) is 0. The summed E-state index contributed by atoms with van der Waals surface area (Å²) in [5, 5.41) is 0. The van der Waals surface area contributed by atoms with Gasteiger partial charge in [0.25, 0.3) is 0 Å². The average molecular weight is 503 g/mol. The highest BCUT2D eigenvalue weighted by atomic mass is 16.6. The van der Waals surface area contributed by atoms with Crippen LogP contribution in [0.4, 0.5) is 0 Å². The zero-order valence-corrected chi connectivity index (χ0v) is 21.1. The molecule has 2 aliphatic rings. The molecule has 0 aliphatic heterocycles. The van der Waals surface area contributed by atoms with Crippen LogP contribution in [0.2, 0.25) is 0 Å². The lowest BCUT2D eigenvalue weighted by atomic mass is 9.93. The Balaban J connectivity index is 1.42. The Kier molecular flexibility index (Phi) is 9.04. The van der Waals surface area contributed by atoms with Crippen molar-refractivity contribution in [1.29, 1.82) is 0 Å². The van der Waals surface area contributed by atoms with Crippen LogP contribution >= 0.6 is 0 Å². The number of hydrogen-bond acceptors (Lipinski definition) is 6. The van der Waals surface area contributed by atoms with Gasteiger partial charge in [0.2, 0.25) is 0 Å². The number of Topliss-reactive ketones (excluding diaryl/α,β-unsaturated/α-hetero) is 2. The Morgan fingerprint density at radius 3 is 1.51 bits per heavy atom. The van der Waals surface area contributed by atoms with E-state index in [1.54, 1.807) is 48.5 Å². The van der Waals surface area contributed by atoms with Crippen LogP contribution in [0, 0.1) is 11.8 Å². The minimum absolute atomic E-state index is 0.114. The van der Waals surface area contributed by atoms with Crippen LogP contribution in [-0.4, -0.2) is 23.5 Å². The molecule has 6 nitrogen and oxygen atoms in total. The van der Waals surface area contributed by atoms with Crippen LogP contribution in [0.5, 0.6) is 0 Å². The van der Waals surface area contributed by atoms with Crippen LogP contribution in [0.1, 0.15) is 81.1 Å². The van der Waals surface area contributed by atoms with E-state index >= 15 is 0 Å². The number of carbonyl (C=O) groups is 4. The molecule has 37 heavy (non-hydrogen) atoms. The largest absolute Gasteiger partial charge is 0.449 e. The number of rotatable bonds is 11. The van der Waals surface area contributed by atoms with Crippen LogP contribution in [-0.2, 0) is 28.7 Å². The van der Waals surface area contributed by atoms with Gasteiger partial charge in [-0.1, -0.05) is 92.9 Å².